The molecule has 2 fully saturated rings. The van der Waals surface area contributed by atoms with Crippen molar-refractivity contribution in [2.45, 2.75) is 45.7 Å². The lowest BCUT2D eigenvalue weighted by Crippen LogP contribution is -2.46. The minimum atomic E-state index is 0.189. The molecule has 5 heteroatoms. The molecule has 2 saturated heterocycles. The standard InChI is InChI=1S/C6H14N2O.C5H12N2.C4H9/c1-6(7)8-2-4-9-5-3-8;6-5-7-3-1-2-4-7;1-3-4-2/h6H,2-5,7H2,1H3;1-6H2;1,3-4H2,2H3. The van der Waals surface area contributed by atoms with E-state index >= 15 is 0 Å². The first-order chi connectivity index (χ1) is 9.65. The molecule has 5 nitrogen and oxygen atoms in total. The van der Waals surface area contributed by atoms with Gasteiger partial charge in [-0.15, -0.1) is 0 Å². The Morgan fingerprint density at radius 2 is 1.65 bits per heavy atom. The van der Waals surface area contributed by atoms with Gasteiger partial charge in [-0.25, -0.2) is 0 Å². The van der Waals surface area contributed by atoms with Gasteiger partial charge in [-0.2, -0.15) is 0 Å². The average molecular weight is 287 g/mol. The normalized spacial score (nSPS) is 21.4. The van der Waals surface area contributed by atoms with Crippen LogP contribution in [0.1, 0.15) is 39.5 Å². The van der Waals surface area contributed by atoms with Crippen LogP contribution < -0.4 is 11.5 Å². The van der Waals surface area contributed by atoms with Gasteiger partial charge >= 0.3 is 0 Å². The summed E-state index contributed by atoms with van der Waals surface area (Å²) in [5.41, 5.74) is 11.0. The van der Waals surface area contributed by atoms with Crippen molar-refractivity contribution in [1.82, 2.24) is 9.80 Å². The zero-order valence-electron chi connectivity index (χ0n) is 13.5. The molecule has 0 aliphatic carbocycles. The van der Waals surface area contributed by atoms with E-state index in [-0.39, 0.29) is 6.17 Å². The van der Waals surface area contributed by atoms with Crippen molar-refractivity contribution in [2.75, 3.05) is 46.1 Å². The molecular weight excluding hydrogens is 252 g/mol. The molecule has 2 heterocycles. The largest absolute Gasteiger partial charge is 0.379 e. The third kappa shape index (κ3) is 10.6. The van der Waals surface area contributed by atoms with Gasteiger partial charge in [-0.3, -0.25) is 9.80 Å². The number of hydrogen-bond donors (Lipinski definition) is 2. The Morgan fingerprint density at radius 3 is 1.90 bits per heavy atom. The second-order valence-electron chi connectivity index (χ2n) is 5.25. The van der Waals surface area contributed by atoms with Crippen LogP contribution in [0.15, 0.2) is 0 Å². The summed E-state index contributed by atoms with van der Waals surface area (Å²) in [4.78, 5) is 4.48. The SMILES string of the molecule is CC(N)N1CCOCC1.NCN1CCCC1.[CH2]CCC. The topological polar surface area (TPSA) is 67.7 Å². The maximum atomic E-state index is 5.64. The van der Waals surface area contributed by atoms with Gasteiger partial charge in [0, 0.05) is 19.8 Å². The Balaban J connectivity index is 0.000000293. The van der Waals surface area contributed by atoms with Gasteiger partial charge < -0.3 is 16.2 Å². The zero-order valence-corrected chi connectivity index (χ0v) is 13.5. The quantitative estimate of drug-likeness (QED) is 0.817. The Morgan fingerprint density at radius 1 is 1.15 bits per heavy atom. The molecule has 1 radical (unpaired) electrons. The maximum Gasteiger partial charge on any atom is 0.0594 e. The number of likely N-dealkylation sites (tertiary alicyclic amines) is 1. The summed E-state index contributed by atoms with van der Waals surface area (Å²) in [6.07, 6.45) is 5.16. The minimum absolute atomic E-state index is 0.189. The molecule has 0 aromatic heterocycles. The van der Waals surface area contributed by atoms with Crippen molar-refractivity contribution in [3.63, 3.8) is 0 Å². The predicted molar refractivity (Wildman–Crippen MR) is 86.2 cm³/mol. The summed E-state index contributed by atoms with van der Waals surface area (Å²) in [5.74, 6) is 0. The van der Waals surface area contributed by atoms with Crippen LogP contribution in [-0.4, -0.2) is 62.0 Å². The van der Waals surface area contributed by atoms with E-state index in [0.29, 0.717) is 0 Å². The molecular formula is C15H35N4O. The number of hydrogen-bond acceptors (Lipinski definition) is 5. The minimum Gasteiger partial charge on any atom is -0.379 e. The van der Waals surface area contributed by atoms with Crippen molar-refractivity contribution in [3.05, 3.63) is 6.92 Å². The molecule has 2 aliphatic rings. The Hall–Kier alpha value is -0.200. The fraction of sp³-hybridized carbons (Fsp3) is 0.933. The monoisotopic (exact) mass is 287 g/mol. The Bertz CT molecular complexity index is 188. The molecule has 2 aliphatic heterocycles. The molecule has 121 valence electrons. The van der Waals surface area contributed by atoms with Crippen molar-refractivity contribution in [2.24, 2.45) is 11.5 Å². The number of nitrogens with zero attached hydrogens (tertiary/aromatic N) is 2. The van der Waals surface area contributed by atoms with E-state index in [1.54, 1.807) is 0 Å². The summed E-state index contributed by atoms with van der Waals surface area (Å²) in [6, 6.07) is 0. The molecule has 0 bridgehead atoms. The number of ether oxygens (including phenoxy) is 1. The second-order valence-corrected chi connectivity index (χ2v) is 5.25. The van der Waals surface area contributed by atoms with Crippen molar-refractivity contribution < 1.29 is 4.74 Å². The van der Waals surface area contributed by atoms with Crippen LogP contribution in [0.2, 0.25) is 0 Å². The van der Waals surface area contributed by atoms with E-state index in [9.17, 15) is 0 Å². The van der Waals surface area contributed by atoms with Gasteiger partial charge in [-0.1, -0.05) is 26.7 Å². The fourth-order valence-electron chi connectivity index (χ4n) is 1.95. The van der Waals surface area contributed by atoms with Crippen molar-refractivity contribution in [1.29, 1.82) is 0 Å². The van der Waals surface area contributed by atoms with Gasteiger partial charge in [0.1, 0.15) is 0 Å². The van der Waals surface area contributed by atoms with Gasteiger partial charge in [-0.05, 0) is 32.9 Å². The van der Waals surface area contributed by atoms with Gasteiger partial charge in [0.25, 0.3) is 0 Å². The van der Waals surface area contributed by atoms with Gasteiger partial charge in [0.05, 0.1) is 19.4 Å². The molecule has 0 aromatic carbocycles. The molecule has 0 aromatic rings. The third-order valence-electron chi connectivity index (χ3n) is 3.43. The Kier molecular flexibility index (Phi) is 13.6. The smallest absolute Gasteiger partial charge is 0.0594 e. The van der Waals surface area contributed by atoms with Crippen LogP contribution in [0.4, 0.5) is 0 Å². The molecule has 4 N–H and O–H groups in total. The van der Waals surface area contributed by atoms with Crippen molar-refractivity contribution in [3.8, 4) is 0 Å². The summed E-state index contributed by atoms with van der Waals surface area (Å²) in [6.45, 7) is 14.6. The highest BCUT2D eigenvalue weighted by molar-refractivity contribution is 4.64. The van der Waals surface area contributed by atoms with Gasteiger partial charge in [0.15, 0.2) is 0 Å². The third-order valence-corrected chi connectivity index (χ3v) is 3.43. The highest BCUT2D eigenvalue weighted by Gasteiger charge is 2.12. The first-order valence-electron chi connectivity index (χ1n) is 7.94. The highest BCUT2D eigenvalue weighted by atomic mass is 16.5. The molecule has 0 saturated carbocycles. The van der Waals surface area contributed by atoms with Crippen LogP contribution in [0.25, 0.3) is 0 Å². The zero-order chi connectivity index (χ0) is 15.2. The Labute approximate surface area is 125 Å². The lowest BCUT2D eigenvalue weighted by molar-refractivity contribution is 0.0215. The molecule has 0 amide bonds. The van der Waals surface area contributed by atoms with Crippen LogP contribution in [-0.2, 0) is 4.74 Å². The van der Waals surface area contributed by atoms with E-state index in [2.05, 4.69) is 23.6 Å². The summed E-state index contributed by atoms with van der Waals surface area (Å²) in [5, 5.41) is 0. The van der Waals surface area contributed by atoms with Gasteiger partial charge in [0.2, 0.25) is 0 Å². The number of morpholine rings is 1. The van der Waals surface area contributed by atoms with Crippen LogP contribution in [0.3, 0.4) is 0 Å². The number of nitrogens with two attached hydrogens (primary N) is 2. The van der Waals surface area contributed by atoms with E-state index in [1.807, 2.05) is 6.92 Å². The van der Waals surface area contributed by atoms with E-state index in [0.717, 1.165) is 39.4 Å². The maximum absolute atomic E-state index is 5.64. The van der Waals surface area contributed by atoms with E-state index in [4.69, 9.17) is 16.2 Å². The van der Waals surface area contributed by atoms with E-state index in [1.165, 1.54) is 32.4 Å². The lowest BCUT2D eigenvalue weighted by atomic mass is 10.4. The second kappa shape index (κ2) is 13.8. The molecule has 0 spiro atoms. The number of rotatable bonds is 3. The number of unbranched alkanes of at least 4 members (excludes halogenated alkanes) is 1. The molecule has 1 atom stereocenters. The van der Waals surface area contributed by atoms with E-state index < -0.39 is 0 Å². The first kappa shape index (κ1) is 19.8. The highest BCUT2D eigenvalue weighted by Crippen LogP contribution is 2.03. The summed E-state index contributed by atoms with van der Waals surface area (Å²) in [7, 11) is 0. The molecule has 20 heavy (non-hydrogen) atoms. The molecule has 1 unspecified atom stereocenters. The van der Waals surface area contributed by atoms with Crippen LogP contribution in [0, 0.1) is 6.92 Å². The average Bonchev–Trinajstić information content (AvgIpc) is 3.02. The fourth-order valence-corrected chi connectivity index (χ4v) is 1.95. The summed E-state index contributed by atoms with van der Waals surface area (Å²) >= 11 is 0. The predicted octanol–water partition coefficient (Wildman–Crippen LogP) is 1.24. The molecule has 2 rings (SSSR count). The first-order valence-corrected chi connectivity index (χ1v) is 7.94. The lowest BCUT2D eigenvalue weighted by Gasteiger charge is -2.29. The van der Waals surface area contributed by atoms with Crippen LogP contribution >= 0.6 is 0 Å². The summed E-state index contributed by atoms with van der Waals surface area (Å²) < 4.78 is 5.15. The van der Waals surface area contributed by atoms with Crippen LogP contribution in [0.5, 0.6) is 0 Å². The van der Waals surface area contributed by atoms with Crippen molar-refractivity contribution >= 4 is 0 Å².